The van der Waals surface area contributed by atoms with Gasteiger partial charge in [-0.25, -0.2) is 13.6 Å². The van der Waals surface area contributed by atoms with E-state index >= 15 is 8.78 Å². The van der Waals surface area contributed by atoms with E-state index in [9.17, 15) is 14.9 Å². The van der Waals surface area contributed by atoms with Gasteiger partial charge in [-0.2, -0.15) is 5.26 Å². The number of pyridine rings is 1. The van der Waals surface area contributed by atoms with Crippen LogP contribution in [0.1, 0.15) is 28.4 Å². The maximum Gasteiger partial charge on any atom is 0.328 e. The predicted molar refractivity (Wildman–Crippen MR) is 158 cm³/mol. The maximum atomic E-state index is 15.2. The van der Waals surface area contributed by atoms with Crippen LogP contribution < -0.4 is 10.2 Å². The van der Waals surface area contributed by atoms with Gasteiger partial charge in [0.05, 0.1) is 37.0 Å². The SMILES string of the molecule is COC(=O)[C@H](Cc1ccc(-c2ccc(C#N)cc2Cl)c2ncccc12)NC(=O)c1c(F)cc(N2CCO[C@H](C)C2)cc1F. The van der Waals surface area contributed by atoms with E-state index in [2.05, 4.69) is 16.4 Å². The van der Waals surface area contributed by atoms with Gasteiger partial charge in [-0.3, -0.25) is 9.78 Å². The average molecular weight is 605 g/mol. The summed E-state index contributed by atoms with van der Waals surface area (Å²) in [6, 6.07) is 15.0. The van der Waals surface area contributed by atoms with E-state index < -0.39 is 35.1 Å². The number of rotatable bonds is 7. The van der Waals surface area contributed by atoms with Crippen LogP contribution in [0.5, 0.6) is 0 Å². The van der Waals surface area contributed by atoms with Gasteiger partial charge in [0.1, 0.15) is 23.2 Å². The average Bonchev–Trinajstić information content (AvgIpc) is 3.00. The first-order chi connectivity index (χ1) is 20.7. The first-order valence-corrected chi connectivity index (χ1v) is 13.9. The number of hydrogen-bond acceptors (Lipinski definition) is 7. The Morgan fingerprint density at radius 2 is 1.93 bits per heavy atom. The Morgan fingerprint density at radius 3 is 2.60 bits per heavy atom. The van der Waals surface area contributed by atoms with Gasteiger partial charge in [-0.1, -0.05) is 35.9 Å². The number of nitrogens with zero attached hydrogens (tertiary/aromatic N) is 3. The molecule has 0 unspecified atom stereocenters. The van der Waals surface area contributed by atoms with E-state index in [1.165, 1.54) is 0 Å². The second kappa shape index (κ2) is 12.7. The summed E-state index contributed by atoms with van der Waals surface area (Å²) in [7, 11) is 1.16. The number of carbonyl (C=O) groups is 2. The minimum atomic E-state index is -1.26. The van der Waals surface area contributed by atoms with Gasteiger partial charge in [-0.05, 0) is 42.8 Å². The number of nitriles is 1. The topological polar surface area (TPSA) is 105 Å². The molecule has 1 aromatic heterocycles. The number of aromatic nitrogens is 1. The van der Waals surface area contributed by atoms with Crippen LogP contribution in [0.2, 0.25) is 5.02 Å². The summed E-state index contributed by atoms with van der Waals surface area (Å²) in [6.45, 7) is 3.19. The highest BCUT2D eigenvalue weighted by Crippen LogP contribution is 2.35. The zero-order chi connectivity index (χ0) is 30.7. The van der Waals surface area contributed by atoms with E-state index in [1.807, 2.05) is 6.92 Å². The third kappa shape index (κ3) is 6.28. The first kappa shape index (κ1) is 29.9. The zero-order valence-corrected chi connectivity index (χ0v) is 24.1. The van der Waals surface area contributed by atoms with Crippen molar-refractivity contribution in [1.29, 1.82) is 5.26 Å². The van der Waals surface area contributed by atoms with Crippen LogP contribution in [-0.4, -0.2) is 55.8 Å². The van der Waals surface area contributed by atoms with Crippen molar-refractivity contribution in [2.45, 2.75) is 25.5 Å². The number of fused-ring (bicyclic) bond motifs is 1. The molecular formula is C32H27ClF2N4O4. The zero-order valence-electron chi connectivity index (χ0n) is 23.4. The number of ether oxygens (including phenoxy) is 2. The van der Waals surface area contributed by atoms with E-state index in [0.29, 0.717) is 63.6 Å². The molecular weight excluding hydrogens is 578 g/mol. The number of esters is 1. The lowest BCUT2D eigenvalue weighted by atomic mass is 9.94. The second-order valence-corrected chi connectivity index (χ2v) is 10.6. The highest BCUT2D eigenvalue weighted by Gasteiger charge is 2.28. The van der Waals surface area contributed by atoms with Crippen LogP contribution in [0.3, 0.4) is 0 Å². The Morgan fingerprint density at radius 1 is 1.19 bits per heavy atom. The Balaban J connectivity index is 1.44. The number of hydrogen-bond donors (Lipinski definition) is 1. The van der Waals surface area contributed by atoms with Crippen molar-refractivity contribution in [3.63, 3.8) is 0 Å². The molecule has 4 aromatic rings. The minimum Gasteiger partial charge on any atom is -0.467 e. The number of methoxy groups -OCH3 is 1. The molecule has 0 bridgehead atoms. The second-order valence-electron chi connectivity index (χ2n) is 10.1. The highest BCUT2D eigenvalue weighted by atomic mass is 35.5. The standard InChI is InChI=1S/C32H27ClF2N4O4/c1-18-17-39(10-11-43-18)21-14-26(34)29(27(35)15-21)31(40)38-28(32(41)42-2)13-20-6-8-24(30-22(20)4-3-9-37-30)23-7-5-19(16-36)12-25(23)33/h3-9,12,14-15,18,28H,10-11,13,17H2,1-2H3,(H,38,40)/t18-,28+/m1/s1. The van der Waals surface area contributed by atoms with Crippen LogP contribution in [0.25, 0.3) is 22.0 Å². The Kier molecular flexibility index (Phi) is 8.85. The van der Waals surface area contributed by atoms with Gasteiger partial charge < -0.3 is 19.7 Å². The molecule has 2 heterocycles. The summed E-state index contributed by atoms with van der Waals surface area (Å²) in [5, 5.41) is 12.7. The number of carbonyl (C=O) groups excluding carboxylic acids is 2. The molecule has 0 radical (unpaired) electrons. The van der Waals surface area contributed by atoms with Gasteiger partial charge in [0.25, 0.3) is 5.91 Å². The van der Waals surface area contributed by atoms with Crippen molar-refractivity contribution in [3.8, 4) is 17.2 Å². The van der Waals surface area contributed by atoms with Gasteiger partial charge in [-0.15, -0.1) is 0 Å². The smallest absolute Gasteiger partial charge is 0.328 e. The largest absolute Gasteiger partial charge is 0.467 e. The monoisotopic (exact) mass is 604 g/mol. The number of morpholine rings is 1. The fourth-order valence-electron chi connectivity index (χ4n) is 5.23. The van der Waals surface area contributed by atoms with E-state index in [-0.39, 0.29) is 12.5 Å². The Labute approximate surface area is 251 Å². The van der Waals surface area contributed by atoms with Gasteiger partial charge in [0, 0.05) is 52.9 Å². The number of halogens is 3. The summed E-state index contributed by atoms with van der Waals surface area (Å²) in [6.07, 6.45) is 1.46. The molecule has 2 atom stereocenters. The van der Waals surface area contributed by atoms with Crippen molar-refractivity contribution in [2.24, 2.45) is 0 Å². The molecule has 1 saturated heterocycles. The van der Waals surface area contributed by atoms with Crippen LogP contribution in [0.4, 0.5) is 14.5 Å². The minimum absolute atomic E-state index is 0.0466. The normalized spacial score (nSPS) is 15.5. The van der Waals surface area contributed by atoms with Crippen molar-refractivity contribution in [2.75, 3.05) is 31.7 Å². The molecule has 5 rings (SSSR count). The lowest BCUT2D eigenvalue weighted by molar-refractivity contribution is -0.142. The lowest BCUT2D eigenvalue weighted by Crippen LogP contribution is -2.44. The first-order valence-electron chi connectivity index (χ1n) is 13.5. The Hall–Kier alpha value is -4.59. The molecule has 220 valence electrons. The van der Waals surface area contributed by atoms with Crippen LogP contribution in [0, 0.1) is 23.0 Å². The molecule has 0 saturated carbocycles. The van der Waals surface area contributed by atoms with Gasteiger partial charge in [0.15, 0.2) is 0 Å². The highest BCUT2D eigenvalue weighted by molar-refractivity contribution is 6.33. The number of anilines is 1. The van der Waals surface area contributed by atoms with Crippen molar-refractivity contribution in [1.82, 2.24) is 10.3 Å². The molecule has 3 aromatic carbocycles. The molecule has 0 spiro atoms. The summed E-state index contributed by atoms with van der Waals surface area (Å²) < 4.78 is 40.7. The van der Waals surface area contributed by atoms with Crippen LogP contribution in [-0.2, 0) is 20.7 Å². The number of amides is 1. The maximum absolute atomic E-state index is 15.2. The molecule has 1 N–H and O–H groups in total. The van der Waals surface area contributed by atoms with E-state index in [4.69, 9.17) is 21.1 Å². The van der Waals surface area contributed by atoms with Gasteiger partial charge in [0.2, 0.25) is 0 Å². The summed E-state index contributed by atoms with van der Waals surface area (Å²) in [4.78, 5) is 32.2. The fourth-order valence-corrected chi connectivity index (χ4v) is 5.51. The Bertz CT molecular complexity index is 1740. The molecule has 1 fully saturated rings. The lowest BCUT2D eigenvalue weighted by Gasteiger charge is -2.33. The van der Waals surface area contributed by atoms with E-state index in [0.717, 1.165) is 19.2 Å². The molecule has 1 amide bonds. The number of nitrogens with one attached hydrogen (secondary N) is 1. The fraction of sp³-hybridized carbons (Fsp3) is 0.250. The summed E-state index contributed by atoms with van der Waals surface area (Å²) in [5.74, 6) is -3.97. The molecule has 1 aliphatic rings. The molecule has 0 aliphatic carbocycles. The molecule has 43 heavy (non-hydrogen) atoms. The third-order valence-electron chi connectivity index (χ3n) is 7.32. The van der Waals surface area contributed by atoms with Crippen LogP contribution in [0.15, 0.2) is 60.8 Å². The quantitative estimate of drug-likeness (QED) is 0.280. The summed E-state index contributed by atoms with van der Waals surface area (Å²) in [5.41, 5.74) is 2.49. The van der Waals surface area contributed by atoms with Crippen LogP contribution >= 0.6 is 11.6 Å². The molecule has 11 heteroatoms. The predicted octanol–water partition coefficient (Wildman–Crippen LogP) is 5.44. The number of benzene rings is 3. The van der Waals surface area contributed by atoms with Gasteiger partial charge >= 0.3 is 5.97 Å². The van der Waals surface area contributed by atoms with Crippen molar-refractivity contribution in [3.05, 3.63) is 94.1 Å². The molecule has 8 nitrogen and oxygen atoms in total. The van der Waals surface area contributed by atoms with Crippen molar-refractivity contribution >= 4 is 40.1 Å². The molecule has 1 aliphatic heterocycles. The van der Waals surface area contributed by atoms with Crippen molar-refractivity contribution < 1.29 is 27.8 Å². The third-order valence-corrected chi connectivity index (χ3v) is 7.64. The van der Waals surface area contributed by atoms with E-state index in [1.54, 1.807) is 53.6 Å². The summed E-state index contributed by atoms with van der Waals surface area (Å²) >= 11 is 6.47.